The van der Waals surface area contributed by atoms with E-state index in [0.717, 1.165) is 12.1 Å². The zero-order valence-corrected chi connectivity index (χ0v) is 16.1. The molecule has 0 radical (unpaired) electrons. The van der Waals surface area contributed by atoms with Crippen molar-refractivity contribution >= 4 is 27.2 Å². The monoisotopic (exact) mass is 402 g/mol. The molecule has 0 aliphatic carbocycles. The maximum absolute atomic E-state index is 13.0. The molecular formula is C19H19FN4O3S. The van der Waals surface area contributed by atoms with Gasteiger partial charge in [0.1, 0.15) is 17.5 Å². The van der Waals surface area contributed by atoms with E-state index >= 15 is 0 Å². The number of ether oxygens (including phenoxy) is 1. The van der Waals surface area contributed by atoms with E-state index in [1.165, 1.54) is 12.1 Å². The second-order valence-electron chi connectivity index (χ2n) is 5.83. The van der Waals surface area contributed by atoms with E-state index in [1.54, 1.807) is 37.3 Å². The van der Waals surface area contributed by atoms with E-state index in [9.17, 15) is 12.8 Å². The fraction of sp³-hybridized carbons (Fsp3) is 0.158. The highest BCUT2D eigenvalue weighted by Crippen LogP contribution is 2.22. The Hall–Kier alpha value is -3.20. The van der Waals surface area contributed by atoms with Crippen LogP contribution in [0.5, 0.6) is 5.88 Å². The summed E-state index contributed by atoms with van der Waals surface area (Å²) in [4.78, 5) is 8.46. The molecule has 0 spiro atoms. The van der Waals surface area contributed by atoms with Gasteiger partial charge in [0.05, 0.1) is 11.5 Å². The summed E-state index contributed by atoms with van der Waals surface area (Å²) in [7, 11) is -3.79. The van der Waals surface area contributed by atoms with Crippen molar-refractivity contribution < 1.29 is 17.5 Å². The molecule has 0 unspecified atom stereocenters. The second kappa shape index (κ2) is 8.22. The molecule has 0 fully saturated rings. The molecule has 7 nitrogen and oxygen atoms in total. The first-order chi connectivity index (χ1) is 13.4. The van der Waals surface area contributed by atoms with Gasteiger partial charge in [0.25, 0.3) is 10.0 Å². The highest BCUT2D eigenvalue weighted by Gasteiger charge is 2.14. The number of hydrogen-bond acceptors (Lipinski definition) is 6. The fourth-order valence-electron chi connectivity index (χ4n) is 2.42. The molecule has 28 heavy (non-hydrogen) atoms. The van der Waals surface area contributed by atoms with Crippen molar-refractivity contribution in [1.82, 2.24) is 9.97 Å². The predicted octanol–water partition coefficient (Wildman–Crippen LogP) is 3.87. The van der Waals surface area contributed by atoms with Crippen molar-refractivity contribution in [3.05, 3.63) is 66.2 Å². The Balaban J connectivity index is 1.72. The highest BCUT2D eigenvalue weighted by atomic mass is 32.2. The van der Waals surface area contributed by atoms with Crippen molar-refractivity contribution in [3.63, 3.8) is 0 Å². The summed E-state index contributed by atoms with van der Waals surface area (Å²) in [6, 6.07) is 12.9. The van der Waals surface area contributed by atoms with E-state index in [4.69, 9.17) is 4.74 Å². The molecule has 0 amide bonds. The Labute approximate surface area is 162 Å². The predicted molar refractivity (Wildman–Crippen MR) is 105 cm³/mol. The van der Waals surface area contributed by atoms with Gasteiger partial charge in [0.2, 0.25) is 5.88 Å². The molecule has 146 valence electrons. The van der Waals surface area contributed by atoms with Crippen LogP contribution in [0.25, 0.3) is 0 Å². The third-order valence-electron chi connectivity index (χ3n) is 3.64. The van der Waals surface area contributed by atoms with Crippen LogP contribution in [0.1, 0.15) is 12.7 Å². The summed E-state index contributed by atoms with van der Waals surface area (Å²) in [5.41, 5.74) is 1.09. The third kappa shape index (κ3) is 4.95. The molecule has 3 aromatic rings. The average Bonchev–Trinajstić information content (AvgIpc) is 2.63. The largest absolute Gasteiger partial charge is 0.478 e. The van der Waals surface area contributed by atoms with Gasteiger partial charge in [-0.15, -0.1) is 0 Å². The van der Waals surface area contributed by atoms with Crippen LogP contribution in [0.4, 0.5) is 21.6 Å². The zero-order valence-electron chi connectivity index (χ0n) is 15.3. The van der Waals surface area contributed by atoms with Gasteiger partial charge in [-0.05, 0) is 62.4 Å². The molecule has 2 N–H and O–H groups in total. The SMILES string of the molecule is CCOc1cc(Nc2ccc(NS(=O)(=O)c3ccc(F)cc3)cc2)nc(C)n1. The molecule has 1 aromatic heterocycles. The molecular weight excluding hydrogens is 383 g/mol. The topological polar surface area (TPSA) is 93.2 Å². The number of nitrogens with zero attached hydrogens (tertiary/aromatic N) is 2. The summed E-state index contributed by atoms with van der Waals surface area (Å²) >= 11 is 0. The minimum absolute atomic E-state index is 0.0176. The molecule has 0 saturated carbocycles. The summed E-state index contributed by atoms with van der Waals surface area (Å²) < 4.78 is 45.5. The van der Waals surface area contributed by atoms with Gasteiger partial charge in [-0.2, -0.15) is 4.98 Å². The fourth-order valence-corrected chi connectivity index (χ4v) is 3.48. The number of anilines is 3. The lowest BCUT2D eigenvalue weighted by Gasteiger charge is -2.11. The molecule has 0 aliphatic rings. The Morgan fingerprint density at radius 3 is 2.29 bits per heavy atom. The van der Waals surface area contributed by atoms with Crippen LogP contribution in [0.2, 0.25) is 0 Å². The molecule has 0 saturated heterocycles. The number of aryl methyl sites for hydroxylation is 1. The van der Waals surface area contributed by atoms with E-state index in [2.05, 4.69) is 20.0 Å². The Morgan fingerprint density at radius 1 is 1.00 bits per heavy atom. The van der Waals surface area contributed by atoms with Crippen molar-refractivity contribution in [2.45, 2.75) is 18.7 Å². The molecule has 2 aromatic carbocycles. The van der Waals surface area contributed by atoms with Gasteiger partial charge in [-0.1, -0.05) is 0 Å². The van der Waals surface area contributed by atoms with Crippen molar-refractivity contribution in [2.24, 2.45) is 0 Å². The van der Waals surface area contributed by atoms with Gasteiger partial charge in [0, 0.05) is 17.4 Å². The summed E-state index contributed by atoms with van der Waals surface area (Å²) in [5, 5.41) is 3.12. The molecule has 0 atom stereocenters. The Bertz CT molecular complexity index is 1060. The van der Waals surface area contributed by atoms with Crippen LogP contribution < -0.4 is 14.8 Å². The van der Waals surface area contributed by atoms with Crippen LogP contribution in [0.3, 0.4) is 0 Å². The normalized spacial score (nSPS) is 11.1. The summed E-state index contributed by atoms with van der Waals surface area (Å²) in [6.07, 6.45) is 0. The number of halogens is 1. The van der Waals surface area contributed by atoms with Crippen molar-refractivity contribution in [3.8, 4) is 5.88 Å². The van der Waals surface area contributed by atoms with E-state index in [-0.39, 0.29) is 4.90 Å². The van der Waals surface area contributed by atoms with E-state index in [1.807, 2.05) is 6.92 Å². The van der Waals surface area contributed by atoms with E-state index < -0.39 is 15.8 Å². The minimum Gasteiger partial charge on any atom is -0.478 e. The van der Waals surface area contributed by atoms with Crippen LogP contribution >= 0.6 is 0 Å². The standard InChI is InChI=1S/C19H19FN4O3S/c1-3-27-19-12-18(21-13(2)22-19)23-15-6-8-16(9-7-15)24-28(25,26)17-10-4-14(20)5-11-17/h4-12,24H,3H2,1-2H3,(H,21,22,23). The number of benzene rings is 2. The summed E-state index contributed by atoms with van der Waals surface area (Å²) in [6.45, 7) is 4.13. The van der Waals surface area contributed by atoms with Crippen LogP contribution in [0, 0.1) is 12.7 Å². The lowest BCUT2D eigenvalue weighted by molar-refractivity contribution is 0.325. The molecule has 3 rings (SSSR count). The first kappa shape index (κ1) is 19.6. The molecule has 1 heterocycles. The van der Waals surface area contributed by atoms with Gasteiger partial charge < -0.3 is 10.1 Å². The first-order valence-electron chi connectivity index (χ1n) is 8.49. The maximum Gasteiger partial charge on any atom is 0.261 e. The third-order valence-corrected chi connectivity index (χ3v) is 5.04. The zero-order chi connectivity index (χ0) is 20.1. The second-order valence-corrected chi connectivity index (χ2v) is 7.52. The van der Waals surface area contributed by atoms with Crippen molar-refractivity contribution in [2.75, 3.05) is 16.6 Å². The van der Waals surface area contributed by atoms with Gasteiger partial charge in [-0.3, -0.25) is 4.72 Å². The van der Waals surface area contributed by atoms with Crippen LogP contribution in [0.15, 0.2) is 59.5 Å². The number of sulfonamides is 1. The van der Waals surface area contributed by atoms with Crippen LogP contribution in [-0.4, -0.2) is 25.0 Å². The van der Waals surface area contributed by atoms with E-state index in [0.29, 0.717) is 35.5 Å². The Morgan fingerprint density at radius 2 is 1.64 bits per heavy atom. The molecule has 9 heteroatoms. The lowest BCUT2D eigenvalue weighted by atomic mass is 10.3. The maximum atomic E-state index is 13.0. The number of nitrogens with one attached hydrogen (secondary N) is 2. The summed E-state index contributed by atoms with van der Waals surface area (Å²) in [5.74, 6) is 1.11. The van der Waals surface area contributed by atoms with Gasteiger partial charge in [0.15, 0.2) is 0 Å². The molecule has 0 bridgehead atoms. The number of hydrogen-bond donors (Lipinski definition) is 2. The van der Waals surface area contributed by atoms with Crippen LogP contribution in [-0.2, 0) is 10.0 Å². The lowest BCUT2D eigenvalue weighted by Crippen LogP contribution is -2.12. The average molecular weight is 402 g/mol. The minimum atomic E-state index is -3.79. The quantitative estimate of drug-likeness (QED) is 0.623. The number of aromatic nitrogens is 2. The van der Waals surface area contributed by atoms with Crippen molar-refractivity contribution in [1.29, 1.82) is 0 Å². The van der Waals surface area contributed by atoms with Gasteiger partial charge in [-0.25, -0.2) is 17.8 Å². The molecule has 0 aliphatic heterocycles. The van der Waals surface area contributed by atoms with Gasteiger partial charge >= 0.3 is 0 Å². The number of rotatable bonds is 7. The first-order valence-corrected chi connectivity index (χ1v) is 9.98. The Kier molecular flexibility index (Phi) is 5.74. The highest BCUT2D eigenvalue weighted by molar-refractivity contribution is 7.92. The smallest absolute Gasteiger partial charge is 0.261 e.